The summed E-state index contributed by atoms with van der Waals surface area (Å²) in [5.41, 5.74) is 2.00. The topological polar surface area (TPSA) is 50.1 Å². The first-order chi connectivity index (χ1) is 9.74. The summed E-state index contributed by atoms with van der Waals surface area (Å²) in [7, 11) is 0. The van der Waals surface area contributed by atoms with Crippen molar-refractivity contribution in [3.05, 3.63) is 42.7 Å². The molecule has 1 aromatic heterocycles. The number of nitrogens with one attached hydrogen (secondary N) is 1. The summed E-state index contributed by atoms with van der Waals surface area (Å²) in [6.07, 6.45) is 5.61. The lowest BCUT2D eigenvalue weighted by Gasteiger charge is -2.30. The van der Waals surface area contributed by atoms with E-state index in [-0.39, 0.29) is 12.0 Å². The van der Waals surface area contributed by atoms with Crippen molar-refractivity contribution in [2.24, 2.45) is 5.41 Å². The van der Waals surface area contributed by atoms with Gasteiger partial charge in [0, 0.05) is 24.4 Å². The molecule has 4 heteroatoms. The Morgan fingerprint density at radius 2 is 1.95 bits per heavy atom. The third-order valence-corrected chi connectivity index (χ3v) is 4.14. The molecule has 1 heterocycles. The molecule has 0 saturated heterocycles. The average molecular weight is 273 g/mol. The van der Waals surface area contributed by atoms with Crippen LogP contribution in [0.2, 0.25) is 0 Å². The first-order valence-corrected chi connectivity index (χ1v) is 7.18. The van der Waals surface area contributed by atoms with Gasteiger partial charge in [-0.05, 0) is 31.0 Å². The summed E-state index contributed by atoms with van der Waals surface area (Å²) in [6, 6.07) is 10.0. The van der Waals surface area contributed by atoms with Crippen molar-refractivity contribution in [1.82, 2.24) is 9.78 Å². The second kappa shape index (κ2) is 6.57. The maximum Gasteiger partial charge on any atom is 0.0876 e. The van der Waals surface area contributed by atoms with Crippen molar-refractivity contribution < 1.29 is 5.11 Å². The van der Waals surface area contributed by atoms with Crippen molar-refractivity contribution in [1.29, 1.82) is 0 Å². The van der Waals surface area contributed by atoms with Crippen LogP contribution in [0.15, 0.2) is 42.7 Å². The minimum Gasteiger partial charge on any atom is -0.396 e. The fourth-order valence-electron chi connectivity index (χ4n) is 2.30. The molecule has 0 bridgehead atoms. The van der Waals surface area contributed by atoms with Crippen LogP contribution in [0, 0.1) is 5.41 Å². The molecule has 0 saturated carbocycles. The monoisotopic (exact) mass is 273 g/mol. The normalized spacial score (nSPS) is 11.6. The lowest BCUT2D eigenvalue weighted by Crippen LogP contribution is -2.32. The molecule has 0 amide bonds. The molecular formula is C16H23N3O. The number of hydrogen-bond acceptors (Lipinski definition) is 3. The van der Waals surface area contributed by atoms with Crippen LogP contribution < -0.4 is 5.32 Å². The third-order valence-electron chi connectivity index (χ3n) is 4.14. The van der Waals surface area contributed by atoms with Crippen molar-refractivity contribution in [2.75, 3.05) is 18.5 Å². The van der Waals surface area contributed by atoms with Gasteiger partial charge >= 0.3 is 0 Å². The summed E-state index contributed by atoms with van der Waals surface area (Å²) in [4.78, 5) is 0. The first-order valence-electron chi connectivity index (χ1n) is 7.18. The Labute approximate surface area is 120 Å². The van der Waals surface area contributed by atoms with E-state index in [1.54, 1.807) is 6.20 Å². The maximum absolute atomic E-state index is 9.65. The zero-order valence-corrected chi connectivity index (χ0v) is 12.2. The van der Waals surface area contributed by atoms with Gasteiger partial charge in [-0.3, -0.25) is 0 Å². The summed E-state index contributed by atoms with van der Waals surface area (Å²) in [5.74, 6) is 0. The average Bonchev–Trinajstić information content (AvgIpc) is 3.04. The number of para-hydroxylation sites is 2. The van der Waals surface area contributed by atoms with Crippen LogP contribution in [-0.2, 0) is 0 Å². The standard InChI is InChI=1S/C16H23N3O/c1-3-16(4-2,13-20)12-17-14-8-5-6-9-15(14)19-11-7-10-18-19/h5-11,17,20H,3-4,12-13H2,1-2H3. The van der Waals surface area contributed by atoms with Gasteiger partial charge < -0.3 is 10.4 Å². The van der Waals surface area contributed by atoms with Gasteiger partial charge in [0.2, 0.25) is 0 Å². The summed E-state index contributed by atoms with van der Waals surface area (Å²) < 4.78 is 1.85. The van der Waals surface area contributed by atoms with E-state index in [0.717, 1.165) is 30.8 Å². The van der Waals surface area contributed by atoms with Gasteiger partial charge in [-0.25, -0.2) is 4.68 Å². The van der Waals surface area contributed by atoms with E-state index < -0.39 is 0 Å². The Morgan fingerprint density at radius 3 is 2.55 bits per heavy atom. The number of aliphatic hydroxyl groups is 1. The molecule has 0 aliphatic heterocycles. The number of anilines is 1. The van der Waals surface area contributed by atoms with Crippen molar-refractivity contribution >= 4 is 5.69 Å². The minimum absolute atomic E-state index is 0.0583. The zero-order valence-electron chi connectivity index (χ0n) is 12.2. The van der Waals surface area contributed by atoms with Crippen LogP contribution in [-0.4, -0.2) is 28.0 Å². The van der Waals surface area contributed by atoms with E-state index in [1.165, 1.54) is 0 Å². The van der Waals surface area contributed by atoms with E-state index in [2.05, 4.69) is 24.3 Å². The van der Waals surface area contributed by atoms with Crippen molar-refractivity contribution in [3.63, 3.8) is 0 Å². The first kappa shape index (κ1) is 14.6. The van der Waals surface area contributed by atoms with Crippen LogP contribution in [0.25, 0.3) is 5.69 Å². The molecular weight excluding hydrogens is 250 g/mol. The molecule has 0 aliphatic carbocycles. The molecule has 2 rings (SSSR count). The highest BCUT2D eigenvalue weighted by atomic mass is 16.3. The van der Waals surface area contributed by atoms with Gasteiger partial charge in [-0.15, -0.1) is 0 Å². The molecule has 0 spiro atoms. The van der Waals surface area contributed by atoms with Crippen LogP contribution in [0.1, 0.15) is 26.7 Å². The summed E-state index contributed by atoms with van der Waals surface area (Å²) in [5, 5.41) is 17.4. The Hall–Kier alpha value is -1.81. The van der Waals surface area contributed by atoms with Gasteiger partial charge in [-0.2, -0.15) is 5.10 Å². The van der Waals surface area contributed by atoms with E-state index in [0.29, 0.717) is 0 Å². The second-order valence-electron chi connectivity index (χ2n) is 5.19. The molecule has 108 valence electrons. The molecule has 1 aromatic carbocycles. The fraction of sp³-hybridized carbons (Fsp3) is 0.438. The largest absolute Gasteiger partial charge is 0.396 e. The van der Waals surface area contributed by atoms with Gasteiger partial charge in [0.05, 0.1) is 18.0 Å². The highest BCUT2D eigenvalue weighted by Gasteiger charge is 2.25. The zero-order chi connectivity index (χ0) is 14.4. The SMILES string of the molecule is CCC(CC)(CO)CNc1ccccc1-n1cccn1. The number of benzene rings is 1. The molecule has 20 heavy (non-hydrogen) atoms. The predicted octanol–water partition coefficient (Wildman–Crippen LogP) is 3.08. The molecule has 4 nitrogen and oxygen atoms in total. The number of aromatic nitrogens is 2. The molecule has 2 aromatic rings. The van der Waals surface area contributed by atoms with Gasteiger partial charge in [-0.1, -0.05) is 26.0 Å². The van der Waals surface area contributed by atoms with E-state index >= 15 is 0 Å². The molecule has 0 radical (unpaired) electrons. The Morgan fingerprint density at radius 1 is 1.20 bits per heavy atom. The van der Waals surface area contributed by atoms with E-state index in [1.807, 2.05) is 41.2 Å². The predicted molar refractivity (Wildman–Crippen MR) is 82.2 cm³/mol. The quantitative estimate of drug-likeness (QED) is 0.815. The molecule has 2 N–H and O–H groups in total. The lowest BCUT2D eigenvalue weighted by molar-refractivity contribution is 0.127. The van der Waals surface area contributed by atoms with Gasteiger partial charge in [0.1, 0.15) is 0 Å². The summed E-state index contributed by atoms with van der Waals surface area (Å²) >= 11 is 0. The van der Waals surface area contributed by atoms with Crippen LogP contribution in [0.3, 0.4) is 0 Å². The molecule has 0 aliphatic rings. The lowest BCUT2D eigenvalue weighted by atomic mass is 9.83. The second-order valence-corrected chi connectivity index (χ2v) is 5.19. The van der Waals surface area contributed by atoms with E-state index in [4.69, 9.17) is 0 Å². The van der Waals surface area contributed by atoms with Crippen molar-refractivity contribution in [3.8, 4) is 5.69 Å². The number of hydrogen-bond donors (Lipinski definition) is 2. The molecule has 0 fully saturated rings. The fourth-order valence-corrected chi connectivity index (χ4v) is 2.30. The van der Waals surface area contributed by atoms with Gasteiger partial charge in [0.15, 0.2) is 0 Å². The Kier molecular flexibility index (Phi) is 4.79. The Balaban J connectivity index is 2.18. The van der Waals surface area contributed by atoms with Crippen LogP contribution in [0.4, 0.5) is 5.69 Å². The number of nitrogens with zero attached hydrogens (tertiary/aromatic N) is 2. The molecule has 0 unspecified atom stereocenters. The maximum atomic E-state index is 9.65. The minimum atomic E-state index is -0.0583. The highest BCUT2D eigenvalue weighted by molar-refractivity contribution is 5.60. The highest BCUT2D eigenvalue weighted by Crippen LogP contribution is 2.27. The Bertz CT molecular complexity index is 510. The third kappa shape index (κ3) is 3.02. The van der Waals surface area contributed by atoms with Crippen molar-refractivity contribution in [2.45, 2.75) is 26.7 Å². The number of rotatable bonds is 7. The smallest absolute Gasteiger partial charge is 0.0876 e. The van der Waals surface area contributed by atoms with Crippen LogP contribution >= 0.6 is 0 Å². The van der Waals surface area contributed by atoms with Crippen LogP contribution in [0.5, 0.6) is 0 Å². The van der Waals surface area contributed by atoms with Gasteiger partial charge in [0.25, 0.3) is 0 Å². The molecule has 0 atom stereocenters. The summed E-state index contributed by atoms with van der Waals surface area (Å²) in [6.45, 7) is 5.22. The van der Waals surface area contributed by atoms with E-state index in [9.17, 15) is 5.11 Å². The number of aliphatic hydroxyl groups excluding tert-OH is 1.